The van der Waals surface area contributed by atoms with Gasteiger partial charge in [0.15, 0.2) is 0 Å². The first-order valence-electron chi connectivity index (χ1n) is 6.64. The molecule has 0 aliphatic carbocycles. The molecule has 0 saturated heterocycles. The van der Waals surface area contributed by atoms with E-state index >= 15 is 0 Å². The second-order valence-electron chi connectivity index (χ2n) is 4.89. The van der Waals surface area contributed by atoms with E-state index in [2.05, 4.69) is 69.8 Å². The molecule has 0 atom stereocenters. The molecule has 0 aliphatic heterocycles. The Labute approximate surface area is 123 Å². The highest BCUT2D eigenvalue weighted by molar-refractivity contribution is 9.10. The van der Waals surface area contributed by atoms with Crippen molar-refractivity contribution < 1.29 is 0 Å². The number of anilines is 1. The lowest BCUT2D eigenvalue weighted by atomic mass is 10.1. The van der Waals surface area contributed by atoms with Crippen LogP contribution in [-0.4, -0.2) is 9.55 Å². The molecule has 0 radical (unpaired) electrons. The number of hydrogen-bond donors (Lipinski definition) is 1. The molecule has 0 fully saturated rings. The van der Waals surface area contributed by atoms with Gasteiger partial charge in [0.1, 0.15) is 0 Å². The number of benzene rings is 1. The van der Waals surface area contributed by atoms with E-state index < -0.39 is 0 Å². The third-order valence-electron chi connectivity index (χ3n) is 3.21. The minimum absolute atomic E-state index is 0.440. The Morgan fingerprint density at radius 3 is 2.84 bits per heavy atom. The third kappa shape index (κ3) is 3.38. The summed E-state index contributed by atoms with van der Waals surface area (Å²) in [5.41, 5.74) is 3.73. The average molecular weight is 322 g/mol. The normalized spacial score (nSPS) is 11.0. The molecule has 0 unspecified atom stereocenters. The Kier molecular flexibility index (Phi) is 4.64. The van der Waals surface area contributed by atoms with Crippen molar-refractivity contribution in [3.8, 4) is 0 Å². The third-order valence-corrected chi connectivity index (χ3v) is 3.70. The summed E-state index contributed by atoms with van der Waals surface area (Å²) >= 11 is 3.52. The largest absolute Gasteiger partial charge is 0.379 e. The van der Waals surface area contributed by atoms with Crippen molar-refractivity contribution in [2.24, 2.45) is 0 Å². The van der Waals surface area contributed by atoms with Crippen LogP contribution in [0.25, 0.3) is 0 Å². The van der Waals surface area contributed by atoms with Crippen molar-refractivity contribution in [3.63, 3.8) is 0 Å². The van der Waals surface area contributed by atoms with Crippen LogP contribution >= 0.6 is 15.9 Å². The first kappa shape index (κ1) is 14.1. The molecule has 1 aromatic carbocycles. The minimum Gasteiger partial charge on any atom is -0.379 e. The summed E-state index contributed by atoms with van der Waals surface area (Å²) in [6, 6.07) is 6.80. The highest BCUT2D eigenvalue weighted by atomic mass is 79.9. The van der Waals surface area contributed by atoms with E-state index in [9.17, 15) is 0 Å². The molecule has 0 amide bonds. The number of nitrogens with zero attached hydrogens (tertiary/aromatic N) is 2. The maximum absolute atomic E-state index is 4.23. The van der Waals surface area contributed by atoms with Gasteiger partial charge in [0.2, 0.25) is 0 Å². The number of nitrogens with one attached hydrogen (secondary N) is 1. The molecule has 0 spiro atoms. The fourth-order valence-electron chi connectivity index (χ4n) is 2.15. The summed E-state index contributed by atoms with van der Waals surface area (Å²) in [6.45, 7) is 7.31. The molecule has 0 saturated carbocycles. The lowest BCUT2D eigenvalue weighted by molar-refractivity contribution is 0.577. The quantitative estimate of drug-likeness (QED) is 0.884. The highest BCUT2D eigenvalue weighted by Crippen LogP contribution is 2.22. The van der Waals surface area contributed by atoms with Gasteiger partial charge in [-0.25, -0.2) is 4.98 Å². The molecule has 2 aromatic rings. The van der Waals surface area contributed by atoms with Crippen LogP contribution in [0.4, 0.5) is 5.69 Å². The molecule has 19 heavy (non-hydrogen) atoms. The fraction of sp³-hybridized carbons (Fsp3) is 0.400. The molecule has 1 N–H and O–H groups in total. The topological polar surface area (TPSA) is 29.9 Å². The van der Waals surface area contributed by atoms with Gasteiger partial charge in [-0.3, -0.25) is 0 Å². The number of aromatic nitrogens is 2. The van der Waals surface area contributed by atoms with Gasteiger partial charge in [0.05, 0.1) is 18.6 Å². The SMILES string of the molecule is CCc1cc(Br)ccc1NCc1cncn1C(C)C. The van der Waals surface area contributed by atoms with Crippen molar-refractivity contribution in [2.75, 3.05) is 5.32 Å². The van der Waals surface area contributed by atoms with Crippen LogP contribution in [0, 0.1) is 0 Å². The summed E-state index contributed by atoms with van der Waals surface area (Å²) in [5.74, 6) is 0. The molecule has 4 heteroatoms. The van der Waals surface area contributed by atoms with Crippen LogP contribution in [-0.2, 0) is 13.0 Å². The average Bonchev–Trinajstić information content (AvgIpc) is 2.85. The van der Waals surface area contributed by atoms with Crippen LogP contribution in [0.2, 0.25) is 0 Å². The van der Waals surface area contributed by atoms with E-state index in [0.717, 1.165) is 17.4 Å². The standard InChI is InChI=1S/C15H20BrN3/c1-4-12-7-13(16)5-6-15(12)18-9-14-8-17-10-19(14)11(2)3/h5-8,10-11,18H,4,9H2,1-3H3. The number of hydrogen-bond acceptors (Lipinski definition) is 2. The number of halogens is 1. The number of aryl methyl sites for hydroxylation is 1. The second kappa shape index (κ2) is 6.24. The van der Waals surface area contributed by atoms with Crippen molar-refractivity contribution in [1.29, 1.82) is 0 Å². The Balaban J connectivity index is 2.12. The van der Waals surface area contributed by atoms with Crippen LogP contribution in [0.1, 0.15) is 38.1 Å². The van der Waals surface area contributed by atoms with Gasteiger partial charge in [-0.2, -0.15) is 0 Å². The van der Waals surface area contributed by atoms with Crippen molar-refractivity contribution >= 4 is 21.6 Å². The Bertz CT molecular complexity index is 546. The lowest BCUT2D eigenvalue weighted by Crippen LogP contribution is -2.09. The smallest absolute Gasteiger partial charge is 0.0951 e. The molecule has 1 heterocycles. The zero-order valence-corrected chi connectivity index (χ0v) is 13.2. The van der Waals surface area contributed by atoms with Crippen LogP contribution < -0.4 is 5.32 Å². The zero-order chi connectivity index (χ0) is 13.8. The predicted octanol–water partition coefficient (Wildman–Crippen LogP) is 4.40. The zero-order valence-electron chi connectivity index (χ0n) is 11.7. The van der Waals surface area contributed by atoms with E-state index in [1.807, 2.05) is 12.5 Å². The summed E-state index contributed by atoms with van der Waals surface area (Å²) < 4.78 is 3.32. The van der Waals surface area contributed by atoms with Gasteiger partial charge in [0, 0.05) is 22.4 Å². The maximum Gasteiger partial charge on any atom is 0.0951 e. The molecule has 1 aromatic heterocycles. The van der Waals surface area contributed by atoms with Crippen molar-refractivity contribution in [2.45, 2.75) is 39.8 Å². The molecule has 3 nitrogen and oxygen atoms in total. The molecule has 0 aliphatic rings. The van der Waals surface area contributed by atoms with E-state index in [1.165, 1.54) is 16.9 Å². The van der Waals surface area contributed by atoms with Crippen LogP contribution in [0.15, 0.2) is 35.2 Å². The predicted molar refractivity (Wildman–Crippen MR) is 83.5 cm³/mol. The fourth-order valence-corrected chi connectivity index (χ4v) is 2.56. The number of imidazole rings is 1. The van der Waals surface area contributed by atoms with Gasteiger partial charge in [-0.1, -0.05) is 22.9 Å². The lowest BCUT2D eigenvalue weighted by Gasteiger charge is -2.15. The summed E-state index contributed by atoms with van der Waals surface area (Å²) in [6.07, 6.45) is 4.84. The maximum atomic E-state index is 4.23. The van der Waals surface area contributed by atoms with Crippen molar-refractivity contribution in [3.05, 3.63) is 46.5 Å². The van der Waals surface area contributed by atoms with Gasteiger partial charge in [-0.15, -0.1) is 0 Å². The van der Waals surface area contributed by atoms with Gasteiger partial charge >= 0.3 is 0 Å². The van der Waals surface area contributed by atoms with Gasteiger partial charge in [-0.05, 0) is 44.0 Å². The van der Waals surface area contributed by atoms with E-state index in [1.54, 1.807) is 0 Å². The Morgan fingerprint density at radius 1 is 1.37 bits per heavy atom. The first-order chi connectivity index (χ1) is 9.11. The van der Waals surface area contributed by atoms with Gasteiger partial charge in [0.25, 0.3) is 0 Å². The molecule has 0 bridgehead atoms. The molecular formula is C15H20BrN3. The van der Waals surface area contributed by atoms with E-state index in [4.69, 9.17) is 0 Å². The Morgan fingerprint density at radius 2 is 2.16 bits per heavy atom. The van der Waals surface area contributed by atoms with Crippen LogP contribution in [0.5, 0.6) is 0 Å². The molecule has 102 valence electrons. The monoisotopic (exact) mass is 321 g/mol. The summed E-state index contributed by atoms with van der Waals surface area (Å²) in [4.78, 5) is 4.23. The number of rotatable bonds is 5. The summed E-state index contributed by atoms with van der Waals surface area (Å²) in [7, 11) is 0. The first-order valence-corrected chi connectivity index (χ1v) is 7.44. The highest BCUT2D eigenvalue weighted by Gasteiger charge is 2.06. The minimum atomic E-state index is 0.440. The van der Waals surface area contributed by atoms with Crippen LogP contribution in [0.3, 0.4) is 0 Å². The van der Waals surface area contributed by atoms with Gasteiger partial charge < -0.3 is 9.88 Å². The van der Waals surface area contributed by atoms with E-state index in [-0.39, 0.29) is 0 Å². The van der Waals surface area contributed by atoms with E-state index in [0.29, 0.717) is 6.04 Å². The second-order valence-corrected chi connectivity index (χ2v) is 5.81. The molecular weight excluding hydrogens is 302 g/mol. The molecule has 2 rings (SSSR count). The summed E-state index contributed by atoms with van der Waals surface area (Å²) in [5, 5.41) is 3.51. The van der Waals surface area contributed by atoms with Crippen molar-refractivity contribution in [1.82, 2.24) is 9.55 Å². The Hall–Kier alpha value is -1.29.